The first-order chi connectivity index (χ1) is 15.1. The molecule has 2 aromatic rings. The lowest BCUT2D eigenvalue weighted by molar-refractivity contribution is -0.115. The summed E-state index contributed by atoms with van der Waals surface area (Å²) in [6.45, 7) is 0. The Kier molecular flexibility index (Phi) is 6.93. The van der Waals surface area contributed by atoms with Gasteiger partial charge in [0.25, 0.3) is 0 Å². The van der Waals surface area contributed by atoms with Gasteiger partial charge in [-0.1, -0.05) is 6.42 Å². The van der Waals surface area contributed by atoms with E-state index < -0.39 is 0 Å². The number of anilines is 1. The van der Waals surface area contributed by atoms with Gasteiger partial charge in [-0.05, 0) is 62.1 Å². The van der Waals surface area contributed by atoms with E-state index in [0.717, 1.165) is 62.6 Å². The highest BCUT2D eigenvalue weighted by atomic mass is 32.2. The number of nitrogens with one attached hydrogen (secondary N) is 1. The second-order valence-electron chi connectivity index (χ2n) is 7.82. The summed E-state index contributed by atoms with van der Waals surface area (Å²) < 4.78 is 5.00. The predicted molar refractivity (Wildman–Crippen MR) is 122 cm³/mol. The SMILES string of the molecule is COC(=O)c1c(NC(=O)CCSc2nc3c(cc2C#N)CCC3)sc2c1CCCCC2. The summed E-state index contributed by atoms with van der Waals surface area (Å²) in [7, 11) is 1.38. The Hall–Kier alpha value is -2.37. The van der Waals surface area contributed by atoms with E-state index in [2.05, 4.69) is 16.4 Å². The minimum atomic E-state index is -0.384. The number of methoxy groups -OCH3 is 1. The number of carbonyl (C=O) groups is 2. The molecule has 6 nitrogen and oxygen atoms in total. The molecular weight excluding hydrogens is 430 g/mol. The van der Waals surface area contributed by atoms with Crippen LogP contribution >= 0.6 is 23.1 Å². The molecule has 0 saturated carbocycles. The Morgan fingerprint density at radius 2 is 2.06 bits per heavy atom. The van der Waals surface area contributed by atoms with Gasteiger partial charge in [0.05, 0.1) is 18.2 Å². The molecule has 0 atom stereocenters. The molecule has 162 valence electrons. The third-order valence-electron chi connectivity index (χ3n) is 5.77. The summed E-state index contributed by atoms with van der Waals surface area (Å²) >= 11 is 2.94. The van der Waals surface area contributed by atoms with Crippen molar-refractivity contribution in [3.8, 4) is 6.07 Å². The quantitative estimate of drug-likeness (QED) is 0.386. The average Bonchev–Trinajstić information content (AvgIpc) is 3.29. The van der Waals surface area contributed by atoms with Crippen molar-refractivity contribution in [2.24, 2.45) is 0 Å². The largest absolute Gasteiger partial charge is 0.465 e. The van der Waals surface area contributed by atoms with Crippen molar-refractivity contribution >= 4 is 40.0 Å². The number of carbonyl (C=O) groups excluding carboxylic acids is 2. The Morgan fingerprint density at radius 1 is 1.23 bits per heavy atom. The maximum absolute atomic E-state index is 12.6. The smallest absolute Gasteiger partial charge is 0.341 e. The fourth-order valence-electron chi connectivity index (χ4n) is 4.22. The van der Waals surface area contributed by atoms with Crippen LogP contribution in [0.4, 0.5) is 5.00 Å². The standard InChI is InChI=1S/C23H25N3O3S2/c1-29-23(28)20-16-7-3-2-4-9-18(16)31-22(20)26-19(27)10-11-30-21-15(13-24)12-14-6-5-8-17(14)25-21/h12H,2-11H2,1H3,(H,26,27). The summed E-state index contributed by atoms with van der Waals surface area (Å²) in [6.07, 6.45) is 8.39. The van der Waals surface area contributed by atoms with E-state index in [4.69, 9.17) is 4.74 Å². The van der Waals surface area contributed by atoms with Crippen molar-refractivity contribution in [3.05, 3.63) is 38.9 Å². The number of ether oxygens (including phenoxy) is 1. The molecule has 0 fully saturated rings. The summed E-state index contributed by atoms with van der Waals surface area (Å²) in [5, 5.41) is 13.7. The first-order valence-corrected chi connectivity index (χ1v) is 12.5. The second kappa shape index (κ2) is 9.84. The minimum absolute atomic E-state index is 0.145. The molecule has 0 saturated heterocycles. The van der Waals surface area contributed by atoms with Crippen LogP contribution in [-0.2, 0) is 35.2 Å². The molecule has 0 bridgehead atoms. The van der Waals surface area contributed by atoms with Gasteiger partial charge >= 0.3 is 5.97 Å². The van der Waals surface area contributed by atoms with Crippen LogP contribution in [0.3, 0.4) is 0 Å². The summed E-state index contributed by atoms with van der Waals surface area (Å²) in [6, 6.07) is 4.17. The second-order valence-corrected chi connectivity index (χ2v) is 10.0. The maximum atomic E-state index is 12.6. The van der Waals surface area contributed by atoms with Crippen LogP contribution in [0.5, 0.6) is 0 Å². The molecule has 0 spiro atoms. The number of esters is 1. The number of pyridine rings is 1. The maximum Gasteiger partial charge on any atom is 0.341 e. The lowest BCUT2D eigenvalue weighted by Gasteiger charge is -2.08. The highest BCUT2D eigenvalue weighted by Crippen LogP contribution is 2.38. The third kappa shape index (κ3) is 4.78. The van der Waals surface area contributed by atoms with Crippen LogP contribution in [0, 0.1) is 11.3 Å². The summed E-state index contributed by atoms with van der Waals surface area (Å²) in [5.41, 5.74) is 4.40. The number of aromatic nitrogens is 1. The van der Waals surface area contributed by atoms with Gasteiger partial charge in [0.2, 0.25) is 5.91 Å². The predicted octanol–water partition coefficient (Wildman–Crippen LogP) is 4.68. The summed E-state index contributed by atoms with van der Waals surface area (Å²) in [5.74, 6) is -0.0101. The molecule has 2 heterocycles. The molecule has 1 amide bonds. The van der Waals surface area contributed by atoms with Crippen molar-refractivity contribution in [3.63, 3.8) is 0 Å². The number of nitrogens with zero attached hydrogens (tertiary/aromatic N) is 2. The number of thioether (sulfide) groups is 1. The average molecular weight is 456 g/mol. The van der Waals surface area contributed by atoms with Crippen LogP contribution in [-0.4, -0.2) is 29.7 Å². The fraction of sp³-hybridized carbons (Fsp3) is 0.478. The summed E-state index contributed by atoms with van der Waals surface area (Å²) in [4.78, 5) is 30.9. The molecule has 4 rings (SSSR count). The molecule has 1 N–H and O–H groups in total. The van der Waals surface area contributed by atoms with Crippen molar-refractivity contribution in [2.45, 2.75) is 62.8 Å². The van der Waals surface area contributed by atoms with Crippen LogP contribution < -0.4 is 5.32 Å². The van der Waals surface area contributed by atoms with E-state index in [1.165, 1.54) is 40.6 Å². The Balaban J connectivity index is 1.42. The van der Waals surface area contributed by atoms with Crippen molar-refractivity contribution in [2.75, 3.05) is 18.2 Å². The normalized spacial score (nSPS) is 14.8. The van der Waals surface area contributed by atoms with E-state index in [-0.39, 0.29) is 18.3 Å². The molecule has 2 aliphatic carbocycles. The van der Waals surface area contributed by atoms with Gasteiger partial charge in [-0.2, -0.15) is 5.26 Å². The lowest BCUT2D eigenvalue weighted by Crippen LogP contribution is -2.15. The first kappa shape index (κ1) is 21.8. The molecule has 0 aromatic carbocycles. The lowest BCUT2D eigenvalue weighted by atomic mass is 10.1. The fourth-order valence-corrected chi connectivity index (χ4v) is 6.43. The topological polar surface area (TPSA) is 92.1 Å². The van der Waals surface area contributed by atoms with E-state index in [1.54, 1.807) is 0 Å². The number of thiophene rings is 1. The van der Waals surface area contributed by atoms with Crippen molar-refractivity contribution in [1.29, 1.82) is 5.26 Å². The minimum Gasteiger partial charge on any atom is -0.465 e. The molecule has 2 aromatic heterocycles. The number of nitriles is 1. The van der Waals surface area contributed by atoms with Crippen LogP contribution in [0.15, 0.2) is 11.1 Å². The van der Waals surface area contributed by atoms with E-state index in [1.807, 2.05) is 6.07 Å². The molecule has 31 heavy (non-hydrogen) atoms. The zero-order valence-corrected chi connectivity index (χ0v) is 19.2. The number of aryl methyl sites for hydroxylation is 3. The van der Waals surface area contributed by atoms with Crippen LogP contribution in [0.1, 0.15) is 69.7 Å². The Morgan fingerprint density at radius 3 is 2.87 bits per heavy atom. The van der Waals surface area contributed by atoms with Crippen LogP contribution in [0.25, 0.3) is 0 Å². The van der Waals surface area contributed by atoms with Gasteiger partial charge in [-0.25, -0.2) is 9.78 Å². The highest BCUT2D eigenvalue weighted by Gasteiger charge is 2.26. The van der Waals surface area contributed by atoms with Crippen molar-refractivity contribution in [1.82, 2.24) is 4.98 Å². The monoisotopic (exact) mass is 455 g/mol. The molecule has 0 aliphatic heterocycles. The van der Waals surface area contributed by atoms with Gasteiger partial charge in [0, 0.05) is 22.7 Å². The van der Waals surface area contributed by atoms with E-state index >= 15 is 0 Å². The van der Waals surface area contributed by atoms with Gasteiger partial charge in [-0.15, -0.1) is 23.1 Å². The van der Waals surface area contributed by atoms with Gasteiger partial charge < -0.3 is 10.1 Å². The zero-order valence-electron chi connectivity index (χ0n) is 17.6. The molecule has 8 heteroatoms. The van der Waals surface area contributed by atoms with E-state index in [0.29, 0.717) is 26.9 Å². The Bertz CT molecular complexity index is 1060. The molecule has 2 aliphatic rings. The third-order valence-corrected chi connectivity index (χ3v) is 7.97. The van der Waals surface area contributed by atoms with Crippen molar-refractivity contribution < 1.29 is 14.3 Å². The van der Waals surface area contributed by atoms with Gasteiger partial charge in [-0.3, -0.25) is 4.79 Å². The number of hydrogen-bond donors (Lipinski definition) is 1. The number of fused-ring (bicyclic) bond motifs is 2. The first-order valence-electron chi connectivity index (χ1n) is 10.7. The number of amides is 1. The van der Waals surface area contributed by atoms with Gasteiger partial charge in [0.15, 0.2) is 0 Å². The molecule has 0 unspecified atom stereocenters. The Labute approximate surface area is 190 Å². The number of rotatable bonds is 6. The number of hydrogen-bond acceptors (Lipinski definition) is 7. The van der Waals surface area contributed by atoms with Crippen LogP contribution in [0.2, 0.25) is 0 Å². The molecular formula is C23H25N3O3S2. The van der Waals surface area contributed by atoms with Gasteiger partial charge in [0.1, 0.15) is 16.1 Å². The van der Waals surface area contributed by atoms with E-state index in [9.17, 15) is 14.9 Å². The highest BCUT2D eigenvalue weighted by molar-refractivity contribution is 7.99. The zero-order chi connectivity index (χ0) is 21.8. The molecule has 0 radical (unpaired) electrons.